The van der Waals surface area contributed by atoms with Crippen LogP contribution in [0.15, 0.2) is 54.6 Å². The van der Waals surface area contributed by atoms with Crippen LogP contribution in [0.25, 0.3) is 0 Å². The van der Waals surface area contributed by atoms with Crippen molar-refractivity contribution in [1.82, 2.24) is 0 Å². The van der Waals surface area contributed by atoms with E-state index in [2.05, 4.69) is 24.4 Å². The van der Waals surface area contributed by atoms with Gasteiger partial charge in [-0.1, -0.05) is 37.3 Å². The van der Waals surface area contributed by atoms with Gasteiger partial charge in [0.15, 0.2) is 0 Å². The third-order valence-electron chi connectivity index (χ3n) is 3.09. The Morgan fingerprint density at radius 1 is 1.05 bits per heavy atom. The molecule has 0 bridgehead atoms. The van der Waals surface area contributed by atoms with Crippen molar-refractivity contribution in [1.29, 1.82) is 0 Å². The van der Waals surface area contributed by atoms with Crippen LogP contribution in [-0.4, -0.2) is 24.4 Å². The number of aliphatic hydroxyl groups excluding tert-OH is 1. The van der Waals surface area contributed by atoms with E-state index in [0.29, 0.717) is 6.54 Å². The zero-order chi connectivity index (χ0) is 14.2. The van der Waals surface area contributed by atoms with Crippen LogP contribution in [-0.2, 0) is 6.42 Å². The summed E-state index contributed by atoms with van der Waals surface area (Å²) in [5.41, 5.74) is 2.32. The van der Waals surface area contributed by atoms with E-state index < -0.39 is 6.10 Å². The van der Waals surface area contributed by atoms with Crippen molar-refractivity contribution in [3.63, 3.8) is 0 Å². The number of benzene rings is 2. The number of hydrogen-bond acceptors (Lipinski definition) is 3. The molecule has 3 heteroatoms. The maximum absolute atomic E-state index is 9.89. The Bertz CT molecular complexity index is 496. The van der Waals surface area contributed by atoms with Crippen LogP contribution in [0.3, 0.4) is 0 Å². The quantitative estimate of drug-likeness (QED) is 0.813. The number of aryl methyl sites for hydroxylation is 1. The van der Waals surface area contributed by atoms with E-state index in [9.17, 15) is 5.11 Å². The van der Waals surface area contributed by atoms with Gasteiger partial charge in [-0.2, -0.15) is 0 Å². The van der Waals surface area contributed by atoms with Gasteiger partial charge in [0.2, 0.25) is 0 Å². The van der Waals surface area contributed by atoms with E-state index in [1.54, 1.807) is 0 Å². The zero-order valence-electron chi connectivity index (χ0n) is 11.8. The first-order chi connectivity index (χ1) is 9.78. The lowest BCUT2D eigenvalue weighted by Crippen LogP contribution is -2.26. The summed E-state index contributed by atoms with van der Waals surface area (Å²) < 4.78 is 5.50. The number of hydrogen-bond donors (Lipinski definition) is 2. The summed E-state index contributed by atoms with van der Waals surface area (Å²) in [5, 5.41) is 13.1. The average Bonchev–Trinajstić information content (AvgIpc) is 2.52. The highest BCUT2D eigenvalue weighted by Gasteiger charge is 2.05. The number of rotatable bonds is 7. The Labute approximate surface area is 120 Å². The van der Waals surface area contributed by atoms with Crippen LogP contribution in [0.5, 0.6) is 5.75 Å². The number of aliphatic hydroxyl groups is 1. The van der Waals surface area contributed by atoms with Gasteiger partial charge in [-0.25, -0.2) is 0 Å². The molecule has 0 aliphatic heterocycles. The molecule has 1 atom stereocenters. The van der Waals surface area contributed by atoms with Gasteiger partial charge in [-0.05, 0) is 36.2 Å². The fraction of sp³-hybridized carbons (Fsp3) is 0.294. The molecule has 0 heterocycles. The van der Waals surface area contributed by atoms with Gasteiger partial charge in [-0.3, -0.25) is 0 Å². The third-order valence-corrected chi connectivity index (χ3v) is 3.09. The van der Waals surface area contributed by atoms with Gasteiger partial charge < -0.3 is 15.2 Å². The average molecular weight is 271 g/mol. The van der Waals surface area contributed by atoms with E-state index >= 15 is 0 Å². The first-order valence-electron chi connectivity index (χ1n) is 6.96. The van der Waals surface area contributed by atoms with Crippen LogP contribution in [0.4, 0.5) is 5.69 Å². The normalized spacial score (nSPS) is 11.9. The summed E-state index contributed by atoms with van der Waals surface area (Å²) in [5.74, 6) is 0.777. The second kappa shape index (κ2) is 7.56. The molecule has 0 aliphatic rings. The lowest BCUT2D eigenvalue weighted by Gasteiger charge is -2.14. The summed E-state index contributed by atoms with van der Waals surface area (Å²) in [6.07, 6.45) is 0.495. The van der Waals surface area contributed by atoms with Gasteiger partial charge in [0.1, 0.15) is 18.5 Å². The molecule has 0 radical (unpaired) electrons. The lowest BCUT2D eigenvalue weighted by atomic mass is 10.1. The molecule has 1 unspecified atom stereocenters. The topological polar surface area (TPSA) is 41.5 Å². The predicted octanol–water partition coefficient (Wildman–Crippen LogP) is 3.10. The fourth-order valence-electron chi connectivity index (χ4n) is 1.86. The van der Waals surface area contributed by atoms with E-state index in [4.69, 9.17) is 4.74 Å². The Morgan fingerprint density at radius 2 is 1.75 bits per heavy atom. The van der Waals surface area contributed by atoms with Crippen molar-refractivity contribution in [3.05, 3.63) is 60.2 Å². The maximum Gasteiger partial charge on any atom is 0.119 e. The SMILES string of the molecule is CCc1ccc(NCC(O)COc2ccccc2)cc1. The smallest absolute Gasteiger partial charge is 0.119 e. The van der Waals surface area contributed by atoms with E-state index in [1.807, 2.05) is 42.5 Å². The largest absolute Gasteiger partial charge is 0.491 e. The number of para-hydroxylation sites is 1. The van der Waals surface area contributed by atoms with Crippen molar-refractivity contribution in [2.24, 2.45) is 0 Å². The van der Waals surface area contributed by atoms with Crippen molar-refractivity contribution in [2.75, 3.05) is 18.5 Å². The van der Waals surface area contributed by atoms with E-state index in [-0.39, 0.29) is 6.61 Å². The Kier molecular flexibility index (Phi) is 5.44. The molecule has 2 N–H and O–H groups in total. The number of ether oxygens (including phenoxy) is 1. The molecule has 0 aliphatic carbocycles. The Hall–Kier alpha value is -2.00. The lowest BCUT2D eigenvalue weighted by molar-refractivity contribution is 0.117. The van der Waals surface area contributed by atoms with Crippen molar-refractivity contribution in [2.45, 2.75) is 19.4 Å². The summed E-state index contributed by atoms with van der Waals surface area (Å²) >= 11 is 0. The highest BCUT2D eigenvalue weighted by Crippen LogP contribution is 2.11. The Balaban J connectivity index is 1.73. The Morgan fingerprint density at radius 3 is 2.40 bits per heavy atom. The molecule has 3 nitrogen and oxygen atoms in total. The molecule has 2 rings (SSSR count). The zero-order valence-corrected chi connectivity index (χ0v) is 11.8. The summed E-state index contributed by atoms with van der Waals surface area (Å²) in [6.45, 7) is 2.88. The van der Waals surface area contributed by atoms with Crippen molar-refractivity contribution in [3.8, 4) is 5.75 Å². The van der Waals surface area contributed by atoms with Gasteiger partial charge >= 0.3 is 0 Å². The van der Waals surface area contributed by atoms with Crippen LogP contribution in [0, 0.1) is 0 Å². The molecule has 0 spiro atoms. The van der Waals surface area contributed by atoms with Crippen molar-refractivity contribution >= 4 is 5.69 Å². The minimum atomic E-state index is -0.541. The minimum absolute atomic E-state index is 0.282. The molecule has 0 fully saturated rings. The molecule has 2 aromatic carbocycles. The fourth-order valence-corrected chi connectivity index (χ4v) is 1.86. The summed E-state index contributed by atoms with van der Waals surface area (Å²) in [4.78, 5) is 0. The van der Waals surface area contributed by atoms with Crippen molar-refractivity contribution < 1.29 is 9.84 Å². The second-order valence-electron chi connectivity index (χ2n) is 4.71. The predicted molar refractivity (Wildman–Crippen MR) is 82.3 cm³/mol. The monoisotopic (exact) mass is 271 g/mol. The number of nitrogens with one attached hydrogen (secondary N) is 1. The van der Waals surface area contributed by atoms with E-state index in [1.165, 1.54) is 5.56 Å². The highest BCUT2D eigenvalue weighted by atomic mass is 16.5. The van der Waals surface area contributed by atoms with Crippen LogP contribution in [0.2, 0.25) is 0 Å². The molecular weight excluding hydrogens is 250 g/mol. The first-order valence-corrected chi connectivity index (χ1v) is 6.96. The maximum atomic E-state index is 9.89. The second-order valence-corrected chi connectivity index (χ2v) is 4.71. The summed E-state index contributed by atoms with van der Waals surface area (Å²) in [7, 11) is 0. The molecule has 0 saturated carbocycles. The molecule has 2 aromatic rings. The standard InChI is InChI=1S/C17H21NO2/c1-2-14-8-10-15(11-9-14)18-12-16(19)13-20-17-6-4-3-5-7-17/h3-11,16,18-19H,2,12-13H2,1H3. The molecule has 0 amide bonds. The van der Waals surface area contributed by atoms with Gasteiger partial charge in [0.25, 0.3) is 0 Å². The van der Waals surface area contributed by atoms with Gasteiger partial charge in [0.05, 0.1) is 0 Å². The van der Waals surface area contributed by atoms with Gasteiger partial charge in [-0.15, -0.1) is 0 Å². The molecule has 0 aromatic heterocycles. The molecule has 20 heavy (non-hydrogen) atoms. The molecule has 106 valence electrons. The van der Waals surface area contributed by atoms with Crippen LogP contribution in [0.1, 0.15) is 12.5 Å². The minimum Gasteiger partial charge on any atom is -0.491 e. The van der Waals surface area contributed by atoms with Crippen LogP contribution >= 0.6 is 0 Å². The molecule has 0 saturated heterocycles. The van der Waals surface area contributed by atoms with Gasteiger partial charge in [0, 0.05) is 12.2 Å². The first kappa shape index (κ1) is 14.4. The van der Waals surface area contributed by atoms with E-state index in [0.717, 1.165) is 17.9 Å². The third kappa shape index (κ3) is 4.59. The highest BCUT2D eigenvalue weighted by molar-refractivity contribution is 5.44. The van der Waals surface area contributed by atoms with Crippen LogP contribution < -0.4 is 10.1 Å². The summed E-state index contributed by atoms with van der Waals surface area (Å²) in [6, 6.07) is 17.8. The number of anilines is 1. The molecular formula is C17H21NO2.